The minimum Gasteiger partial charge on any atom is -0.478 e. The van der Waals surface area contributed by atoms with Crippen LogP contribution in [0.4, 0.5) is 15.8 Å². The second-order valence-electron chi connectivity index (χ2n) is 4.06. The molecule has 20 heavy (non-hydrogen) atoms. The summed E-state index contributed by atoms with van der Waals surface area (Å²) in [5, 5.41) is 11.6. The van der Waals surface area contributed by atoms with Crippen LogP contribution in [-0.2, 0) is 0 Å². The molecule has 0 aliphatic carbocycles. The predicted octanol–water partition coefficient (Wildman–Crippen LogP) is 4.28. The van der Waals surface area contributed by atoms with Gasteiger partial charge in [0.05, 0.1) is 15.7 Å². The van der Waals surface area contributed by atoms with Gasteiger partial charge in [-0.3, -0.25) is 4.98 Å². The van der Waals surface area contributed by atoms with E-state index in [2.05, 4.69) is 10.3 Å². The number of aromatic nitrogens is 1. The Labute approximate surface area is 124 Å². The quantitative estimate of drug-likeness (QED) is 0.830. The van der Waals surface area contributed by atoms with Gasteiger partial charge in [-0.2, -0.15) is 0 Å². The third-order valence-electron chi connectivity index (χ3n) is 2.53. The summed E-state index contributed by atoms with van der Waals surface area (Å²) in [5.41, 5.74) is 1.34. The highest BCUT2D eigenvalue weighted by Gasteiger charge is 2.13. The maximum atomic E-state index is 13.3. The normalized spacial score (nSPS) is 10.4. The van der Waals surface area contributed by atoms with E-state index in [-0.39, 0.29) is 15.6 Å². The molecule has 0 fully saturated rings. The molecule has 0 amide bonds. The van der Waals surface area contributed by atoms with Gasteiger partial charge in [0.25, 0.3) is 0 Å². The van der Waals surface area contributed by atoms with Crippen LogP contribution in [0, 0.1) is 12.7 Å². The molecule has 0 spiro atoms. The molecular formula is C13H9Cl2FN2O2. The van der Waals surface area contributed by atoms with E-state index in [9.17, 15) is 9.18 Å². The fraction of sp³-hybridized carbons (Fsp3) is 0.0769. The zero-order chi connectivity index (χ0) is 14.9. The molecule has 104 valence electrons. The molecule has 2 rings (SSSR count). The predicted molar refractivity (Wildman–Crippen MR) is 75.6 cm³/mol. The third kappa shape index (κ3) is 3.00. The van der Waals surface area contributed by atoms with Gasteiger partial charge in [-0.15, -0.1) is 0 Å². The molecule has 0 aliphatic heterocycles. The van der Waals surface area contributed by atoms with E-state index in [0.29, 0.717) is 17.1 Å². The van der Waals surface area contributed by atoms with Crippen LogP contribution in [0.5, 0.6) is 0 Å². The number of anilines is 2. The molecule has 1 aromatic carbocycles. The lowest BCUT2D eigenvalue weighted by atomic mass is 10.2. The minimum atomic E-state index is -1.13. The molecule has 0 unspecified atom stereocenters. The fourth-order valence-electron chi connectivity index (χ4n) is 1.62. The molecule has 2 aromatic rings. The van der Waals surface area contributed by atoms with Crippen LogP contribution in [0.1, 0.15) is 16.1 Å². The number of pyridine rings is 1. The number of halogens is 3. The van der Waals surface area contributed by atoms with Crippen LogP contribution in [0.3, 0.4) is 0 Å². The molecule has 0 saturated carbocycles. The van der Waals surface area contributed by atoms with Gasteiger partial charge in [0.1, 0.15) is 5.56 Å². The smallest absolute Gasteiger partial charge is 0.339 e. The first kappa shape index (κ1) is 14.6. The number of carboxylic acids is 1. The Morgan fingerprint density at radius 2 is 1.90 bits per heavy atom. The Bertz CT molecular complexity index is 669. The van der Waals surface area contributed by atoms with Gasteiger partial charge < -0.3 is 10.4 Å². The molecule has 0 bridgehead atoms. The van der Waals surface area contributed by atoms with Gasteiger partial charge in [0.2, 0.25) is 0 Å². The third-order valence-corrected chi connectivity index (χ3v) is 3.08. The summed E-state index contributed by atoms with van der Waals surface area (Å²) in [6.45, 7) is 1.72. The van der Waals surface area contributed by atoms with Crippen molar-refractivity contribution in [3.05, 3.63) is 51.5 Å². The molecule has 1 heterocycles. The number of benzene rings is 1. The van der Waals surface area contributed by atoms with Crippen LogP contribution in [0.25, 0.3) is 0 Å². The van der Waals surface area contributed by atoms with Gasteiger partial charge in [0, 0.05) is 17.6 Å². The summed E-state index contributed by atoms with van der Waals surface area (Å²) in [6.07, 6.45) is 1.24. The molecule has 4 nitrogen and oxygen atoms in total. The molecule has 0 aliphatic rings. The van der Waals surface area contributed by atoms with Crippen molar-refractivity contribution in [1.29, 1.82) is 0 Å². The van der Waals surface area contributed by atoms with Crippen LogP contribution in [0.15, 0.2) is 24.4 Å². The molecule has 0 atom stereocenters. The van der Waals surface area contributed by atoms with Gasteiger partial charge >= 0.3 is 5.97 Å². The summed E-state index contributed by atoms with van der Waals surface area (Å²) in [5.74, 6) is -1.84. The number of nitrogens with zero attached hydrogens (tertiary/aromatic N) is 1. The second kappa shape index (κ2) is 5.64. The van der Waals surface area contributed by atoms with E-state index in [0.717, 1.165) is 0 Å². The average molecular weight is 315 g/mol. The minimum absolute atomic E-state index is 0.00725. The number of carbonyl (C=O) groups is 1. The number of rotatable bonds is 3. The molecule has 1 aromatic heterocycles. The van der Waals surface area contributed by atoms with Gasteiger partial charge in [-0.1, -0.05) is 23.2 Å². The molecular weight excluding hydrogens is 306 g/mol. The van der Waals surface area contributed by atoms with Crippen molar-refractivity contribution in [1.82, 2.24) is 4.98 Å². The highest BCUT2D eigenvalue weighted by molar-refractivity contribution is 6.35. The number of aromatic carboxylic acids is 1. The summed E-state index contributed by atoms with van der Waals surface area (Å²) >= 11 is 11.4. The lowest BCUT2D eigenvalue weighted by molar-refractivity contribution is 0.0697. The van der Waals surface area contributed by atoms with Crippen molar-refractivity contribution >= 4 is 40.5 Å². The standard InChI is InChI=1S/C13H9Cl2FN2O2/c1-6-2-11(8(5-17-6)13(19)20)18-7-3-9(14)12(16)10(15)4-7/h2-5H,1H3,(H,17,18)(H,19,20). The SMILES string of the molecule is Cc1cc(Nc2cc(Cl)c(F)c(Cl)c2)c(C(=O)O)cn1. The van der Waals surface area contributed by atoms with Crippen LogP contribution in [-0.4, -0.2) is 16.1 Å². The lowest BCUT2D eigenvalue weighted by Gasteiger charge is -2.11. The molecule has 7 heteroatoms. The Morgan fingerprint density at radius 3 is 2.45 bits per heavy atom. The largest absolute Gasteiger partial charge is 0.478 e. The van der Waals surface area contributed by atoms with E-state index in [4.69, 9.17) is 28.3 Å². The first-order valence-electron chi connectivity index (χ1n) is 5.50. The van der Waals surface area contributed by atoms with E-state index < -0.39 is 11.8 Å². The van der Waals surface area contributed by atoms with Crippen molar-refractivity contribution in [2.75, 3.05) is 5.32 Å². The summed E-state index contributed by atoms with van der Waals surface area (Å²) in [4.78, 5) is 15.0. The van der Waals surface area contributed by atoms with Crippen molar-refractivity contribution in [2.45, 2.75) is 6.92 Å². The Morgan fingerprint density at radius 1 is 1.30 bits per heavy atom. The Hall–Kier alpha value is -1.85. The monoisotopic (exact) mass is 314 g/mol. The highest BCUT2D eigenvalue weighted by Crippen LogP contribution is 2.30. The average Bonchev–Trinajstić information content (AvgIpc) is 2.35. The summed E-state index contributed by atoms with van der Waals surface area (Å²) < 4.78 is 13.3. The first-order chi connectivity index (χ1) is 9.38. The zero-order valence-corrected chi connectivity index (χ0v) is 11.8. The number of carboxylic acid groups (broad SMARTS) is 1. The van der Waals surface area contributed by atoms with Crippen molar-refractivity contribution < 1.29 is 14.3 Å². The first-order valence-corrected chi connectivity index (χ1v) is 6.25. The van der Waals surface area contributed by atoms with Crippen LogP contribution < -0.4 is 5.32 Å². The van der Waals surface area contributed by atoms with Crippen LogP contribution >= 0.6 is 23.2 Å². The summed E-state index contributed by atoms with van der Waals surface area (Å²) in [7, 11) is 0. The van der Waals surface area contributed by atoms with E-state index >= 15 is 0 Å². The van der Waals surface area contributed by atoms with Crippen molar-refractivity contribution in [3.8, 4) is 0 Å². The fourth-order valence-corrected chi connectivity index (χ4v) is 2.10. The second-order valence-corrected chi connectivity index (χ2v) is 4.87. The van der Waals surface area contributed by atoms with Gasteiger partial charge in [-0.25, -0.2) is 9.18 Å². The number of nitrogens with one attached hydrogen (secondary N) is 1. The van der Waals surface area contributed by atoms with Crippen molar-refractivity contribution in [3.63, 3.8) is 0 Å². The molecule has 2 N–H and O–H groups in total. The van der Waals surface area contributed by atoms with Gasteiger partial charge in [0.15, 0.2) is 5.82 Å². The Balaban J connectivity index is 2.44. The van der Waals surface area contributed by atoms with Gasteiger partial charge in [-0.05, 0) is 25.1 Å². The zero-order valence-electron chi connectivity index (χ0n) is 10.2. The molecule has 0 radical (unpaired) electrons. The lowest BCUT2D eigenvalue weighted by Crippen LogP contribution is -2.04. The Kier molecular flexibility index (Phi) is 4.11. The number of hydrogen-bond acceptors (Lipinski definition) is 3. The topological polar surface area (TPSA) is 62.2 Å². The maximum Gasteiger partial charge on any atom is 0.339 e. The number of aryl methyl sites for hydroxylation is 1. The van der Waals surface area contributed by atoms with Crippen LogP contribution in [0.2, 0.25) is 10.0 Å². The maximum absolute atomic E-state index is 13.3. The summed E-state index contributed by atoms with van der Waals surface area (Å²) in [6, 6.07) is 4.21. The number of hydrogen-bond donors (Lipinski definition) is 2. The van der Waals surface area contributed by atoms with E-state index in [1.165, 1.54) is 18.3 Å². The van der Waals surface area contributed by atoms with E-state index in [1.54, 1.807) is 13.0 Å². The molecule has 0 saturated heterocycles. The van der Waals surface area contributed by atoms with E-state index in [1.807, 2.05) is 0 Å². The van der Waals surface area contributed by atoms with Crippen molar-refractivity contribution in [2.24, 2.45) is 0 Å². The highest BCUT2D eigenvalue weighted by atomic mass is 35.5.